The van der Waals surface area contributed by atoms with E-state index in [-0.39, 0.29) is 0 Å². The standard InChI is InChI=1S/C11H9ClN2.C11H12N4.C6H7BO2.C5H4Cl2N2/c1-8-7-10(13-14-11(8)12)9-5-3-2-4-6-9;1-8-7-10(14-15-11(8)13-12)9-5-3-2-4-6-9;8-7(9)6-4-2-1-3-5-6;1-3-2-4(6)8-9-5(3)7/h2-7H,1H3;2-7H,12H2,1H3,(H,13,15);1-5,8-9H;2H,1H3. The van der Waals surface area contributed by atoms with Crippen LogP contribution in [0.4, 0.5) is 5.82 Å². The molecule has 6 aromatic rings. The fraction of sp³-hybridized carbons (Fsp3) is 0.0909. The molecule has 14 heteroatoms. The van der Waals surface area contributed by atoms with Gasteiger partial charge >= 0.3 is 7.12 Å². The maximum atomic E-state index is 8.58. The van der Waals surface area contributed by atoms with Crippen LogP contribution in [0.25, 0.3) is 22.5 Å². The molecule has 3 aromatic carbocycles. The summed E-state index contributed by atoms with van der Waals surface area (Å²) >= 11 is 16.8. The summed E-state index contributed by atoms with van der Waals surface area (Å²) in [6, 6.07) is 34.0. The molecule has 0 spiro atoms. The highest BCUT2D eigenvalue weighted by Crippen LogP contribution is 2.20. The third-order valence-electron chi connectivity index (χ3n) is 6.18. The number of nitrogens with two attached hydrogens (primary N) is 1. The Morgan fingerprint density at radius 2 is 0.979 bits per heavy atom. The van der Waals surface area contributed by atoms with Gasteiger partial charge in [-0.25, -0.2) is 5.84 Å². The number of nitrogens with zero attached hydrogens (tertiary/aromatic N) is 6. The Kier molecular flexibility index (Phi) is 15.1. The van der Waals surface area contributed by atoms with Gasteiger partial charge in [-0.15, -0.1) is 30.6 Å². The average molecular weight is 690 g/mol. The SMILES string of the molecule is Cc1cc(-c2ccccc2)nnc1Cl.Cc1cc(-c2ccccc2)nnc1NN.Cc1cc(Cl)nnc1Cl.OB(O)c1ccccc1. The Morgan fingerprint density at radius 1 is 0.553 bits per heavy atom. The maximum Gasteiger partial charge on any atom is 0.488 e. The average Bonchev–Trinajstić information content (AvgIpc) is 3.10. The van der Waals surface area contributed by atoms with Crippen molar-refractivity contribution in [2.75, 3.05) is 5.43 Å². The van der Waals surface area contributed by atoms with Crippen molar-refractivity contribution in [1.29, 1.82) is 0 Å². The van der Waals surface area contributed by atoms with Crippen LogP contribution in [-0.2, 0) is 0 Å². The summed E-state index contributed by atoms with van der Waals surface area (Å²) in [5.74, 6) is 5.89. The summed E-state index contributed by atoms with van der Waals surface area (Å²) in [6.07, 6.45) is 0. The summed E-state index contributed by atoms with van der Waals surface area (Å²) in [5.41, 5.74) is 9.61. The Labute approximate surface area is 288 Å². The van der Waals surface area contributed by atoms with Crippen LogP contribution in [0.5, 0.6) is 0 Å². The fourth-order valence-corrected chi connectivity index (χ4v) is 4.05. The van der Waals surface area contributed by atoms with Gasteiger partial charge in [-0.2, -0.15) is 0 Å². The molecule has 0 aliphatic heterocycles. The molecule has 3 aromatic heterocycles. The highest BCUT2D eigenvalue weighted by atomic mass is 35.5. The normalized spacial score (nSPS) is 9.81. The quantitative estimate of drug-likeness (QED) is 0.0941. The van der Waals surface area contributed by atoms with Crippen LogP contribution in [0, 0.1) is 20.8 Å². The lowest BCUT2D eigenvalue weighted by molar-refractivity contribution is 0.426. The smallest absolute Gasteiger partial charge is 0.423 e. The van der Waals surface area contributed by atoms with Crippen molar-refractivity contribution in [2.45, 2.75) is 20.8 Å². The highest BCUT2D eigenvalue weighted by Gasteiger charge is 2.07. The van der Waals surface area contributed by atoms with Crippen molar-refractivity contribution >= 4 is 53.2 Å². The van der Waals surface area contributed by atoms with Crippen LogP contribution in [0.1, 0.15) is 16.7 Å². The summed E-state index contributed by atoms with van der Waals surface area (Å²) in [7, 11) is -1.34. The van der Waals surface area contributed by atoms with Crippen molar-refractivity contribution < 1.29 is 10.0 Å². The number of hydrazine groups is 1. The second kappa shape index (κ2) is 19.2. The zero-order valence-corrected chi connectivity index (χ0v) is 28.0. The Bertz CT molecular complexity index is 1820. The number of nitrogens with one attached hydrogen (secondary N) is 1. The van der Waals surface area contributed by atoms with Gasteiger partial charge in [0.05, 0.1) is 11.4 Å². The van der Waals surface area contributed by atoms with E-state index in [9.17, 15) is 0 Å². The first-order valence-corrected chi connectivity index (χ1v) is 15.2. The molecular formula is C33H32BCl3N8O2. The molecule has 0 saturated carbocycles. The summed E-state index contributed by atoms with van der Waals surface area (Å²) in [6.45, 7) is 5.68. The predicted molar refractivity (Wildman–Crippen MR) is 190 cm³/mol. The largest absolute Gasteiger partial charge is 0.488 e. The lowest BCUT2D eigenvalue weighted by Gasteiger charge is -2.04. The Hall–Kier alpha value is -4.49. The summed E-state index contributed by atoms with van der Waals surface area (Å²) < 4.78 is 0. The van der Waals surface area contributed by atoms with Gasteiger partial charge in [-0.3, -0.25) is 0 Å². The van der Waals surface area contributed by atoms with Gasteiger partial charge in [-0.1, -0.05) is 126 Å². The van der Waals surface area contributed by atoms with Gasteiger partial charge in [-0.05, 0) is 61.1 Å². The number of aromatic nitrogens is 6. The first-order valence-electron chi connectivity index (χ1n) is 14.1. The molecule has 3 heterocycles. The molecule has 0 atom stereocenters. The van der Waals surface area contributed by atoms with Crippen LogP contribution in [0.2, 0.25) is 15.5 Å². The fourth-order valence-electron chi connectivity index (χ4n) is 3.66. The van der Waals surface area contributed by atoms with Gasteiger partial charge in [0.1, 0.15) is 0 Å². The van der Waals surface area contributed by atoms with E-state index >= 15 is 0 Å². The molecule has 47 heavy (non-hydrogen) atoms. The van der Waals surface area contributed by atoms with Gasteiger partial charge in [0, 0.05) is 11.1 Å². The minimum absolute atomic E-state index is 0.372. The maximum absolute atomic E-state index is 8.58. The molecule has 240 valence electrons. The number of hydrogen-bond acceptors (Lipinski definition) is 10. The highest BCUT2D eigenvalue weighted by molar-refractivity contribution is 6.58. The second-order valence-electron chi connectivity index (χ2n) is 9.77. The van der Waals surface area contributed by atoms with Crippen molar-refractivity contribution in [3.63, 3.8) is 0 Å². The van der Waals surface area contributed by atoms with E-state index in [0.717, 1.165) is 39.2 Å². The van der Waals surface area contributed by atoms with E-state index in [1.165, 1.54) is 0 Å². The van der Waals surface area contributed by atoms with Crippen molar-refractivity contribution in [1.82, 2.24) is 30.6 Å². The first kappa shape index (κ1) is 37.0. The van der Waals surface area contributed by atoms with Crippen LogP contribution in [0.15, 0.2) is 109 Å². The van der Waals surface area contributed by atoms with E-state index < -0.39 is 7.12 Å². The van der Waals surface area contributed by atoms with Gasteiger partial charge in [0.25, 0.3) is 0 Å². The number of hydrogen-bond donors (Lipinski definition) is 4. The molecule has 0 saturated heterocycles. The van der Waals surface area contributed by atoms with Crippen LogP contribution >= 0.6 is 34.8 Å². The van der Waals surface area contributed by atoms with Crippen molar-refractivity contribution in [3.8, 4) is 22.5 Å². The molecule has 10 nitrogen and oxygen atoms in total. The molecule has 0 unspecified atom stereocenters. The molecule has 0 radical (unpaired) electrons. The minimum Gasteiger partial charge on any atom is -0.423 e. The first-order chi connectivity index (χ1) is 22.6. The minimum atomic E-state index is -1.34. The second-order valence-corrected chi connectivity index (χ2v) is 10.9. The van der Waals surface area contributed by atoms with Crippen molar-refractivity contribution in [3.05, 3.63) is 141 Å². The number of aryl methyl sites for hydroxylation is 3. The Morgan fingerprint density at radius 3 is 1.36 bits per heavy atom. The molecular weight excluding hydrogens is 658 g/mol. The molecule has 0 bridgehead atoms. The lowest BCUT2D eigenvalue weighted by Crippen LogP contribution is -2.29. The third-order valence-corrected chi connectivity index (χ3v) is 7.11. The number of anilines is 1. The third kappa shape index (κ3) is 12.3. The molecule has 0 aliphatic carbocycles. The van der Waals surface area contributed by atoms with Crippen LogP contribution < -0.4 is 16.7 Å². The predicted octanol–water partition coefficient (Wildman–Crippen LogP) is 6.30. The summed E-state index contributed by atoms with van der Waals surface area (Å²) in [5, 5.41) is 41.5. The van der Waals surface area contributed by atoms with Crippen LogP contribution in [0.3, 0.4) is 0 Å². The van der Waals surface area contributed by atoms with E-state index in [1.807, 2.05) is 99.6 Å². The van der Waals surface area contributed by atoms with Gasteiger partial charge < -0.3 is 15.5 Å². The van der Waals surface area contributed by atoms with Crippen molar-refractivity contribution in [2.24, 2.45) is 5.84 Å². The van der Waals surface area contributed by atoms with E-state index in [1.54, 1.807) is 30.3 Å². The van der Waals surface area contributed by atoms with Gasteiger partial charge in [0.2, 0.25) is 0 Å². The molecule has 6 rings (SSSR count). The lowest BCUT2D eigenvalue weighted by atomic mass is 9.81. The number of rotatable bonds is 4. The number of benzene rings is 3. The van der Waals surface area contributed by atoms with Gasteiger partial charge in [0.15, 0.2) is 21.3 Å². The molecule has 0 aliphatic rings. The van der Waals surface area contributed by atoms with Crippen LogP contribution in [-0.4, -0.2) is 47.8 Å². The van der Waals surface area contributed by atoms with E-state index in [2.05, 4.69) is 36.0 Å². The summed E-state index contributed by atoms with van der Waals surface area (Å²) in [4.78, 5) is 0. The Balaban J connectivity index is 0.000000175. The zero-order chi connectivity index (χ0) is 34.2. The van der Waals surface area contributed by atoms with E-state index in [4.69, 9.17) is 50.7 Å². The molecule has 5 N–H and O–H groups in total. The molecule has 0 amide bonds. The zero-order valence-electron chi connectivity index (χ0n) is 25.8. The monoisotopic (exact) mass is 688 g/mol. The van der Waals surface area contributed by atoms with E-state index in [0.29, 0.717) is 26.7 Å². The molecule has 0 fully saturated rings. The topological polar surface area (TPSA) is 156 Å². The number of halogens is 3. The number of nitrogen functional groups attached to an aromatic ring is 1.